The molecular weight excluding hydrogens is 358 g/mol. The number of amides is 3. The Labute approximate surface area is 143 Å². The van der Waals surface area contributed by atoms with Gasteiger partial charge in [0.05, 0.1) is 26.2 Å². The highest BCUT2D eigenvalue weighted by Crippen LogP contribution is 2.20. The highest BCUT2D eigenvalue weighted by molar-refractivity contribution is 7.89. The van der Waals surface area contributed by atoms with Crippen molar-refractivity contribution in [2.75, 3.05) is 39.8 Å². The maximum absolute atomic E-state index is 13.8. The summed E-state index contributed by atoms with van der Waals surface area (Å²) in [6, 6.07) is 1.65. The number of carbonyl (C=O) groups excluding carboxylic acids is 2. The first kappa shape index (κ1) is 19.2. The summed E-state index contributed by atoms with van der Waals surface area (Å²) < 4.78 is 53.0. The van der Waals surface area contributed by atoms with Crippen LogP contribution < -0.4 is 15.5 Å². The maximum atomic E-state index is 13.8. The van der Waals surface area contributed by atoms with E-state index < -0.39 is 38.5 Å². The topological polar surface area (TPSA) is 100 Å². The van der Waals surface area contributed by atoms with Crippen LogP contribution in [0.15, 0.2) is 23.1 Å². The van der Waals surface area contributed by atoms with Crippen molar-refractivity contribution >= 4 is 22.0 Å². The van der Waals surface area contributed by atoms with Crippen LogP contribution in [0.1, 0.15) is 0 Å². The van der Waals surface area contributed by atoms with Crippen LogP contribution >= 0.6 is 0 Å². The number of sulfonamides is 1. The van der Waals surface area contributed by atoms with Gasteiger partial charge in [0, 0.05) is 7.05 Å². The number of benzene rings is 1. The van der Waals surface area contributed by atoms with E-state index in [9.17, 15) is 26.8 Å². The molecule has 11 heteroatoms. The zero-order chi connectivity index (χ0) is 18.6. The first-order valence-electron chi connectivity index (χ1n) is 7.54. The second-order valence-electron chi connectivity index (χ2n) is 5.53. The summed E-state index contributed by atoms with van der Waals surface area (Å²) in [6.07, 6.45) is 0. The van der Waals surface area contributed by atoms with E-state index in [-0.39, 0.29) is 19.6 Å². The smallest absolute Gasteiger partial charge is 0.321 e. The number of nitrogens with zero attached hydrogens (tertiary/aromatic N) is 1. The molecule has 25 heavy (non-hydrogen) atoms. The summed E-state index contributed by atoms with van der Waals surface area (Å²) in [6.45, 7) is 0.728. The van der Waals surface area contributed by atoms with Crippen molar-refractivity contribution in [3.05, 3.63) is 29.8 Å². The Bertz CT molecular complexity index is 764. The number of quaternary nitrogens is 1. The van der Waals surface area contributed by atoms with Gasteiger partial charge >= 0.3 is 6.03 Å². The zero-order valence-corrected chi connectivity index (χ0v) is 14.3. The van der Waals surface area contributed by atoms with Crippen LogP contribution in [-0.2, 0) is 14.8 Å². The van der Waals surface area contributed by atoms with Gasteiger partial charge in [0.1, 0.15) is 16.5 Å². The Morgan fingerprint density at radius 2 is 1.88 bits per heavy atom. The van der Waals surface area contributed by atoms with Crippen LogP contribution in [-0.4, -0.2) is 64.4 Å². The Morgan fingerprint density at radius 3 is 2.48 bits per heavy atom. The molecule has 3 N–H and O–H groups in total. The highest BCUT2D eigenvalue weighted by atomic mass is 32.2. The lowest BCUT2D eigenvalue weighted by Gasteiger charge is -2.31. The van der Waals surface area contributed by atoms with Crippen molar-refractivity contribution in [2.45, 2.75) is 4.90 Å². The molecule has 1 heterocycles. The lowest BCUT2D eigenvalue weighted by atomic mass is 10.3. The number of hydrogen-bond donors (Lipinski definition) is 3. The standard InChI is InChI=1S/C14H18F2N4O4S/c1-17-14(22)18-13(21)9-19-4-6-20(7-5-19)25(23,24)12-8-10(15)2-3-11(12)16/h2-3,8H,4-7,9H2,1H3,(H2,17,18,21,22)/p+1. The van der Waals surface area contributed by atoms with Gasteiger partial charge in [-0.3, -0.25) is 10.1 Å². The van der Waals surface area contributed by atoms with Crippen LogP contribution in [0.5, 0.6) is 0 Å². The van der Waals surface area contributed by atoms with Gasteiger partial charge in [0.15, 0.2) is 6.54 Å². The number of imide groups is 1. The molecule has 1 aromatic carbocycles. The van der Waals surface area contributed by atoms with Gasteiger partial charge in [-0.2, -0.15) is 4.31 Å². The number of rotatable bonds is 4. The third-order valence-corrected chi connectivity index (χ3v) is 5.74. The minimum Gasteiger partial charge on any atom is -0.341 e. The van der Waals surface area contributed by atoms with E-state index in [0.29, 0.717) is 19.2 Å². The molecule has 0 atom stereocenters. The van der Waals surface area contributed by atoms with E-state index in [1.807, 2.05) is 0 Å². The van der Waals surface area contributed by atoms with E-state index in [1.165, 1.54) is 7.05 Å². The quantitative estimate of drug-likeness (QED) is 0.583. The first-order valence-corrected chi connectivity index (χ1v) is 8.98. The fourth-order valence-corrected chi connectivity index (χ4v) is 4.01. The molecule has 1 aliphatic heterocycles. The van der Waals surface area contributed by atoms with Crippen molar-refractivity contribution in [3.8, 4) is 0 Å². The van der Waals surface area contributed by atoms with Crippen molar-refractivity contribution in [1.82, 2.24) is 14.9 Å². The molecule has 1 saturated heterocycles. The molecule has 0 radical (unpaired) electrons. The van der Waals surface area contributed by atoms with Crippen molar-refractivity contribution < 1.29 is 31.7 Å². The Balaban J connectivity index is 1.98. The van der Waals surface area contributed by atoms with Gasteiger partial charge in [0.25, 0.3) is 5.91 Å². The van der Waals surface area contributed by atoms with Crippen LogP contribution in [0.3, 0.4) is 0 Å². The van der Waals surface area contributed by atoms with E-state index in [1.54, 1.807) is 0 Å². The molecule has 0 saturated carbocycles. The van der Waals surface area contributed by atoms with Gasteiger partial charge < -0.3 is 10.2 Å². The molecule has 8 nitrogen and oxygen atoms in total. The minimum absolute atomic E-state index is 0.00956. The number of carbonyl (C=O) groups is 2. The third kappa shape index (κ3) is 4.71. The second-order valence-corrected chi connectivity index (χ2v) is 7.44. The zero-order valence-electron chi connectivity index (χ0n) is 13.5. The van der Waals surface area contributed by atoms with Gasteiger partial charge in [-0.25, -0.2) is 22.0 Å². The largest absolute Gasteiger partial charge is 0.341 e. The van der Waals surface area contributed by atoms with E-state index >= 15 is 0 Å². The van der Waals surface area contributed by atoms with Gasteiger partial charge in [0.2, 0.25) is 10.0 Å². The number of hydrogen-bond acceptors (Lipinski definition) is 4. The first-order chi connectivity index (χ1) is 11.7. The van der Waals surface area contributed by atoms with E-state index in [4.69, 9.17) is 0 Å². The van der Waals surface area contributed by atoms with E-state index in [0.717, 1.165) is 21.3 Å². The van der Waals surface area contributed by atoms with Gasteiger partial charge in [-0.1, -0.05) is 0 Å². The van der Waals surface area contributed by atoms with Crippen molar-refractivity contribution in [3.63, 3.8) is 0 Å². The molecule has 0 unspecified atom stereocenters. The molecule has 0 bridgehead atoms. The van der Waals surface area contributed by atoms with Crippen molar-refractivity contribution in [1.29, 1.82) is 0 Å². The van der Waals surface area contributed by atoms with Crippen molar-refractivity contribution in [2.24, 2.45) is 0 Å². The average Bonchev–Trinajstić information content (AvgIpc) is 2.57. The molecular formula is C14H19F2N4O4S+. The van der Waals surface area contributed by atoms with Crippen LogP contribution in [0.2, 0.25) is 0 Å². The summed E-state index contributed by atoms with van der Waals surface area (Å²) in [7, 11) is -2.77. The van der Waals surface area contributed by atoms with Crippen LogP contribution in [0, 0.1) is 11.6 Å². The molecule has 0 aromatic heterocycles. The normalized spacial score (nSPS) is 16.4. The molecule has 1 aromatic rings. The Morgan fingerprint density at radius 1 is 1.24 bits per heavy atom. The third-order valence-electron chi connectivity index (χ3n) is 3.83. The molecule has 1 aliphatic rings. The second kappa shape index (κ2) is 7.85. The number of urea groups is 1. The summed E-state index contributed by atoms with van der Waals surface area (Å²) in [5.74, 6) is -2.34. The monoisotopic (exact) mass is 377 g/mol. The molecule has 0 aliphatic carbocycles. The lowest BCUT2D eigenvalue weighted by molar-refractivity contribution is -0.895. The van der Waals surface area contributed by atoms with Crippen LogP contribution in [0.4, 0.5) is 13.6 Å². The predicted octanol–water partition coefficient (Wildman–Crippen LogP) is -1.69. The Hall–Kier alpha value is -2.11. The lowest BCUT2D eigenvalue weighted by Crippen LogP contribution is -3.15. The molecule has 3 amide bonds. The molecule has 0 spiro atoms. The van der Waals surface area contributed by atoms with Gasteiger partial charge in [-0.15, -0.1) is 0 Å². The highest BCUT2D eigenvalue weighted by Gasteiger charge is 2.33. The fourth-order valence-electron chi connectivity index (χ4n) is 2.49. The number of piperazine rings is 1. The van der Waals surface area contributed by atoms with E-state index in [2.05, 4.69) is 10.6 Å². The van der Waals surface area contributed by atoms with Gasteiger partial charge in [-0.05, 0) is 18.2 Å². The predicted molar refractivity (Wildman–Crippen MR) is 83.3 cm³/mol. The number of nitrogens with one attached hydrogen (secondary N) is 3. The molecule has 138 valence electrons. The summed E-state index contributed by atoms with van der Waals surface area (Å²) in [5, 5.41) is 4.38. The molecule has 2 rings (SSSR count). The summed E-state index contributed by atoms with van der Waals surface area (Å²) >= 11 is 0. The number of halogens is 2. The Kier molecular flexibility index (Phi) is 6.03. The molecule has 1 fully saturated rings. The average molecular weight is 377 g/mol. The minimum atomic E-state index is -4.15. The fraction of sp³-hybridized carbons (Fsp3) is 0.429. The maximum Gasteiger partial charge on any atom is 0.321 e. The summed E-state index contributed by atoms with van der Waals surface area (Å²) in [4.78, 5) is 22.8. The SMILES string of the molecule is CNC(=O)NC(=O)C[NH+]1CCN(S(=O)(=O)c2cc(F)ccc2F)CC1. The summed E-state index contributed by atoms with van der Waals surface area (Å²) in [5.41, 5.74) is 0. The van der Waals surface area contributed by atoms with Crippen LogP contribution in [0.25, 0.3) is 0 Å².